The fourth-order valence-corrected chi connectivity index (χ4v) is 4.05. The minimum absolute atomic E-state index is 0. The number of hydrogen-bond acceptors (Lipinski definition) is 5. The smallest absolute Gasteiger partial charge is 0.293 e. The lowest BCUT2D eigenvalue weighted by Crippen LogP contribution is -2.35. The molecular formula is C20H23ClN4O3. The van der Waals surface area contributed by atoms with E-state index >= 15 is 0 Å². The molecule has 2 aromatic rings. The molecule has 0 aromatic heterocycles. The van der Waals surface area contributed by atoms with Gasteiger partial charge in [0.2, 0.25) is 0 Å². The molecule has 0 radical (unpaired) electrons. The molecule has 1 amide bonds. The number of nitrogens with zero attached hydrogens (tertiary/aromatic N) is 3. The summed E-state index contributed by atoms with van der Waals surface area (Å²) >= 11 is 0. The number of halogens is 1. The lowest BCUT2D eigenvalue weighted by molar-refractivity contribution is -0.384. The summed E-state index contributed by atoms with van der Waals surface area (Å²) in [6, 6.07) is 10.4. The lowest BCUT2D eigenvalue weighted by atomic mass is 9.99. The van der Waals surface area contributed by atoms with Crippen molar-refractivity contribution in [2.45, 2.75) is 25.7 Å². The Balaban J connectivity index is 0.00000225. The van der Waals surface area contributed by atoms with E-state index in [1.54, 1.807) is 17.0 Å². The van der Waals surface area contributed by atoms with Crippen LogP contribution in [0.25, 0.3) is 0 Å². The van der Waals surface area contributed by atoms with E-state index in [1.807, 2.05) is 23.1 Å². The predicted octanol–water partition coefficient (Wildman–Crippen LogP) is 3.79. The number of rotatable bonds is 3. The van der Waals surface area contributed by atoms with Gasteiger partial charge in [0.15, 0.2) is 0 Å². The van der Waals surface area contributed by atoms with Crippen LogP contribution in [0.2, 0.25) is 0 Å². The minimum Gasteiger partial charge on any atom is -0.398 e. The summed E-state index contributed by atoms with van der Waals surface area (Å²) in [6.07, 6.45) is 3.72. The van der Waals surface area contributed by atoms with Gasteiger partial charge in [-0.1, -0.05) is 6.07 Å². The third-order valence-corrected chi connectivity index (χ3v) is 5.40. The lowest BCUT2D eigenvalue weighted by Gasteiger charge is -2.30. The molecule has 1 fully saturated rings. The van der Waals surface area contributed by atoms with Crippen LogP contribution in [0, 0.1) is 10.1 Å². The molecule has 0 bridgehead atoms. The van der Waals surface area contributed by atoms with Gasteiger partial charge in [-0.05, 0) is 55.5 Å². The number of nitro benzene ring substituents is 1. The summed E-state index contributed by atoms with van der Waals surface area (Å²) in [4.78, 5) is 28.0. The molecule has 2 aliphatic heterocycles. The van der Waals surface area contributed by atoms with Crippen LogP contribution in [0.5, 0.6) is 0 Å². The van der Waals surface area contributed by atoms with Crippen LogP contribution in [-0.2, 0) is 6.42 Å². The van der Waals surface area contributed by atoms with Gasteiger partial charge in [-0.2, -0.15) is 0 Å². The van der Waals surface area contributed by atoms with Crippen LogP contribution in [0.1, 0.15) is 35.2 Å². The van der Waals surface area contributed by atoms with Gasteiger partial charge in [-0.15, -0.1) is 12.4 Å². The molecule has 2 N–H and O–H groups in total. The molecule has 7 nitrogen and oxygen atoms in total. The highest BCUT2D eigenvalue weighted by atomic mass is 35.5. The molecule has 2 heterocycles. The quantitative estimate of drug-likeness (QED) is 0.479. The number of hydrogen-bond donors (Lipinski definition) is 1. The van der Waals surface area contributed by atoms with Crippen molar-refractivity contribution < 1.29 is 9.72 Å². The van der Waals surface area contributed by atoms with Crippen molar-refractivity contribution in [1.29, 1.82) is 0 Å². The minimum atomic E-state index is -0.396. The molecule has 0 unspecified atom stereocenters. The van der Waals surface area contributed by atoms with Gasteiger partial charge >= 0.3 is 0 Å². The number of carbonyl (C=O) groups is 1. The monoisotopic (exact) mass is 402 g/mol. The normalized spacial score (nSPS) is 15.7. The Morgan fingerprint density at radius 1 is 1.04 bits per heavy atom. The molecule has 0 aliphatic carbocycles. The molecule has 0 atom stereocenters. The summed E-state index contributed by atoms with van der Waals surface area (Å²) < 4.78 is 0. The molecule has 2 aromatic carbocycles. The van der Waals surface area contributed by atoms with Gasteiger partial charge in [0.25, 0.3) is 11.6 Å². The Kier molecular flexibility index (Phi) is 5.74. The average molecular weight is 403 g/mol. The zero-order chi connectivity index (χ0) is 19.0. The zero-order valence-electron chi connectivity index (χ0n) is 15.5. The second kappa shape index (κ2) is 8.06. The van der Waals surface area contributed by atoms with Crippen LogP contribution in [0.3, 0.4) is 0 Å². The first kappa shape index (κ1) is 19.9. The fourth-order valence-electron chi connectivity index (χ4n) is 4.05. The van der Waals surface area contributed by atoms with E-state index in [1.165, 1.54) is 6.07 Å². The molecule has 28 heavy (non-hydrogen) atoms. The SMILES string of the molecule is Cl.Nc1cccc2c1CCCN2C(=O)c1ccc(N2CCCC2)c([N+](=O)[O-])c1. The van der Waals surface area contributed by atoms with E-state index in [2.05, 4.69) is 0 Å². The van der Waals surface area contributed by atoms with Gasteiger partial charge in [-0.3, -0.25) is 14.9 Å². The van der Waals surface area contributed by atoms with Crippen molar-refractivity contribution in [3.63, 3.8) is 0 Å². The summed E-state index contributed by atoms with van der Waals surface area (Å²) in [5.41, 5.74) is 9.44. The maximum absolute atomic E-state index is 13.1. The molecule has 8 heteroatoms. The first-order valence-electron chi connectivity index (χ1n) is 9.29. The number of nitrogen functional groups attached to an aromatic ring is 1. The topological polar surface area (TPSA) is 92.7 Å². The maximum Gasteiger partial charge on any atom is 0.293 e. The van der Waals surface area contributed by atoms with Crippen molar-refractivity contribution in [2.75, 3.05) is 35.2 Å². The van der Waals surface area contributed by atoms with Crippen LogP contribution in [-0.4, -0.2) is 30.5 Å². The summed E-state index contributed by atoms with van der Waals surface area (Å²) in [5, 5.41) is 11.6. The van der Waals surface area contributed by atoms with Crippen molar-refractivity contribution >= 4 is 41.1 Å². The second-order valence-electron chi connectivity index (χ2n) is 7.06. The van der Waals surface area contributed by atoms with Gasteiger partial charge in [0.1, 0.15) is 5.69 Å². The van der Waals surface area contributed by atoms with Crippen LogP contribution < -0.4 is 15.5 Å². The van der Waals surface area contributed by atoms with E-state index in [-0.39, 0.29) is 24.0 Å². The number of fused-ring (bicyclic) bond motifs is 1. The van der Waals surface area contributed by atoms with Gasteiger partial charge < -0.3 is 15.5 Å². The number of amides is 1. The van der Waals surface area contributed by atoms with Crippen molar-refractivity contribution in [3.8, 4) is 0 Å². The highest BCUT2D eigenvalue weighted by molar-refractivity contribution is 6.07. The summed E-state index contributed by atoms with van der Waals surface area (Å²) in [6.45, 7) is 2.21. The summed E-state index contributed by atoms with van der Waals surface area (Å²) in [7, 11) is 0. The third-order valence-electron chi connectivity index (χ3n) is 5.40. The van der Waals surface area contributed by atoms with Crippen LogP contribution in [0.15, 0.2) is 36.4 Å². The Bertz CT molecular complexity index is 912. The van der Waals surface area contributed by atoms with Crippen LogP contribution >= 0.6 is 12.4 Å². The molecule has 148 valence electrons. The van der Waals surface area contributed by atoms with Crippen molar-refractivity contribution in [2.24, 2.45) is 0 Å². The number of nitro groups is 1. The van der Waals surface area contributed by atoms with E-state index in [4.69, 9.17) is 5.73 Å². The Hall–Kier alpha value is -2.80. The highest BCUT2D eigenvalue weighted by Gasteiger charge is 2.28. The Morgan fingerprint density at radius 2 is 1.79 bits per heavy atom. The summed E-state index contributed by atoms with van der Waals surface area (Å²) in [5.74, 6) is -0.224. The molecular weight excluding hydrogens is 380 g/mol. The fraction of sp³-hybridized carbons (Fsp3) is 0.350. The van der Waals surface area contributed by atoms with Crippen molar-refractivity contribution in [1.82, 2.24) is 0 Å². The first-order chi connectivity index (χ1) is 13.1. The molecule has 0 spiro atoms. The van der Waals surface area contributed by atoms with E-state index < -0.39 is 4.92 Å². The van der Waals surface area contributed by atoms with Gasteiger partial charge in [0.05, 0.1) is 4.92 Å². The van der Waals surface area contributed by atoms with Gasteiger partial charge in [-0.25, -0.2) is 0 Å². The van der Waals surface area contributed by atoms with E-state index in [0.29, 0.717) is 23.5 Å². The molecule has 0 saturated carbocycles. The second-order valence-corrected chi connectivity index (χ2v) is 7.06. The number of anilines is 3. The van der Waals surface area contributed by atoms with Crippen LogP contribution in [0.4, 0.5) is 22.7 Å². The van der Waals surface area contributed by atoms with E-state index in [0.717, 1.165) is 50.0 Å². The average Bonchev–Trinajstić information content (AvgIpc) is 3.21. The highest BCUT2D eigenvalue weighted by Crippen LogP contribution is 2.35. The maximum atomic E-state index is 13.1. The molecule has 1 saturated heterocycles. The van der Waals surface area contributed by atoms with Crippen molar-refractivity contribution in [3.05, 3.63) is 57.6 Å². The standard InChI is InChI=1S/C20H22N4O3.ClH/c21-16-6-3-7-17-15(16)5-4-12-23(17)20(25)14-8-9-18(19(13-14)24(26)27)22-10-1-2-11-22;/h3,6-9,13H,1-2,4-5,10-12,21H2;1H. The number of carbonyl (C=O) groups excluding carboxylic acids is 1. The zero-order valence-corrected chi connectivity index (χ0v) is 16.3. The third kappa shape index (κ3) is 3.49. The number of benzene rings is 2. The van der Waals surface area contributed by atoms with E-state index in [9.17, 15) is 14.9 Å². The molecule has 2 aliphatic rings. The number of nitrogens with two attached hydrogens (primary N) is 1. The first-order valence-corrected chi connectivity index (χ1v) is 9.29. The Labute approximate surface area is 169 Å². The predicted molar refractivity (Wildman–Crippen MR) is 113 cm³/mol. The van der Waals surface area contributed by atoms with Gasteiger partial charge in [0, 0.05) is 42.6 Å². The largest absolute Gasteiger partial charge is 0.398 e. The molecule has 4 rings (SSSR count). The Morgan fingerprint density at radius 3 is 2.50 bits per heavy atom.